The van der Waals surface area contributed by atoms with Crippen LogP contribution in [0.25, 0.3) is 55.2 Å². The molecule has 3 N–H and O–H groups in total. The van der Waals surface area contributed by atoms with Crippen molar-refractivity contribution >= 4 is 50.7 Å². The van der Waals surface area contributed by atoms with E-state index in [1.54, 1.807) is 32.9 Å². The number of para-hydroxylation sites is 1. The summed E-state index contributed by atoms with van der Waals surface area (Å²) in [5.74, 6) is -0.382. The molecule has 0 saturated heterocycles. The topological polar surface area (TPSA) is 129 Å². The minimum Gasteiger partial charge on any atom is -0.337 e. The van der Waals surface area contributed by atoms with Crippen molar-refractivity contribution in [2.45, 2.75) is 27.7 Å². The molecule has 5 heterocycles. The van der Waals surface area contributed by atoms with Crippen molar-refractivity contribution in [1.82, 2.24) is 30.1 Å². The van der Waals surface area contributed by atoms with E-state index in [1.807, 2.05) is 24.3 Å². The number of ketones is 1. The molecule has 1 amide bonds. The van der Waals surface area contributed by atoms with Crippen LogP contribution in [0.2, 0.25) is 0 Å². The molecule has 200 valence electrons. The molecule has 0 radical (unpaired) electrons. The maximum absolute atomic E-state index is 16.1. The zero-order valence-corrected chi connectivity index (χ0v) is 22.9. The van der Waals surface area contributed by atoms with Gasteiger partial charge in [-0.25, -0.2) is 9.37 Å². The third-order valence-electron chi connectivity index (χ3n) is 6.45. The number of carbonyl (C=O) groups is 2. The predicted molar refractivity (Wildman–Crippen MR) is 154 cm³/mol. The van der Waals surface area contributed by atoms with E-state index in [-0.39, 0.29) is 22.8 Å². The van der Waals surface area contributed by atoms with E-state index in [0.29, 0.717) is 38.7 Å². The molecule has 6 rings (SSSR count). The first-order valence-corrected chi connectivity index (χ1v) is 13.3. The minimum atomic E-state index is -0.601. The van der Waals surface area contributed by atoms with E-state index in [0.717, 1.165) is 16.0 Å². The molecule has 0 fully saturated rings. The van der Waals surface area contributed by atoms with Crippen LogP contribution in [-0.4, -0.2) is 41.8 Å². The fourth-order valence-electron chi connectivity index (χ4n) is 4.32. The van der Waals surface area contributed by atoms with Crippen molar-refractivity contribution in [2.75, 3.05) is 5.32 Å². The summed E-state index contributed by atoms with van der Waals surface area (Å²) in [4.78, 5) is 42.4. The lowest BCUT2D eigenvalue weighted by Crippen LogP contribution is -2.27. The highest BCUT2D eigenvalue weighted by molar-refractivity contribution is 7.17. The highest BCUT2D eigenvalue weighted by Gasteiger charge is 2.23. The van der Waals surface area contributed by atoms with Gasteiger partial charge in [-0.15, -0.1) is 11.3 Å². The highest BCUT2D eigenvalue weighted by Crippen LogP contribution is 2.36. The Hall–Kier alpha value is -4.77. The Morgan fingerprint density at radius 2 is 1.85 bits per heavy atom. The first-order valence-electron chi connectivity index (χ1n) is 12.5. The second-order valence-corrected chi connectivity index (χ2v) is 11.5. The van der Waals surface area contributed by atoms with Crippen LogP contribution in [0.3, 0.4) is 0 Å². The van der Waals surface area contributed by atoms with Crippen molar-refractivity contribution < 1.29 is 14.0 Å². The number of anilines is 1. The first kappa shape index (κ1) is 25.5. The maximum Gasteiger partial charge on any atom is 0.229 e. The lowest BCUT2D eigenvalue weighted by Gasteiger charge is -2.17. The molecule has 0 bridgehead atoms. The third-order valence-corrected chi connectivity index (χ3v) is 7.67. The number of fused-ring (bicyclic) bond motifs is 2. The molecule has 0 aliphatic rings. The van der Waals surface area contributed by atoms with Gasteiger partial charge in [0.15, 0.2) is 17.4 Å². The van der Waals surface area contributed by atoms with Crippen LogP contribution in [0.15, 0.2) is 55.0 Å². The number of pyridine rings is 2. The largest absolute Gasteiger partial charge is 0.337 e. The second kappa shape index (κ2) is 9.45. The minimum absolute atomic E-state index is 0.00587. The van der Waals surface area contributed by atoms with Crippen molar-refractivity contribution in [3.8, 4) is 33.2 Å². The van der Waals surface area contributed by atoms with E-state index in [2.05, 4.69) is 30.5 Å². The average molecular weight is 554 g/mol. The number of nitrogens with one attached hydrogen (secondary N) is 3. The Labute approximate surface area is 231 Å². The van der Waals surface area contributed by atoms with Gasteiger partial charge in [-0.1, -0.05) is 32.9 Å². The lowest BCUT2D eigenvalue weighted by molar-refractivity contribution is -0.123. The number of halogens is 1. The first-order chi connectivity index (χ1) is 19.1. The summed E-state index contributed by atoms with van der Waals surface area (Å²) in [6.07, 6.45) is 4.51. The molecule has 6 aromatic rings. The summed E-state index contributed by atoms with van der Waals surface area (Å²) in [6, 6.07) is 11.1. The van der Waals surface area contributed by atoms with E-state index < -0.39 is 11.2 Å². The van der Waals surface area contributed by atoms with Crippen LogP contribution in [0.1, 0.15) is 37.4 Å². The SMILES string of the molecule is CC(=O)c1ccc(-c2cccc3[nH]c(-c4n[nH]c5cnc(-c6cncc(NC(=O)C(C)(C)C)c6)c(F)c45)nc23)s1. The zero-order chi connectivity index (χ0) is 28.2. The maximum atomic E-state index is 16.1. The number of amides is 1. The molecule has 0 saturated carbocycles. The number of imidazole rings is 1. The molecule has 0 unspecified atom stereocenters. The number of thiophene rings is 1. The second-order valence-electron chi connectivity index (χ2n) is 10.5. The number of aromatic nitrogens is 6. The van der Waals surface area contributed by atoms with Gasteiger partial charge in [-0.05, 0) is 31.2 Å². The fourth-order valence-corrected chi connectivity index (χ4v) is 5.25. The number of hydrogen-bond acceptors (Lipinski definition) is 7. The zero-order valence-electron chi connectivity index (χ0n) is 22.1. The summed E-state index contributed by atoms with van der Waals surface area (Å²) in [6.45, 7) is 6.96. The van der Waals surface area contributed by atoms with Crippen LogP contribution in [0, 0.1) is 11.2 Å². The molecule has 0 atom stereocenters. The quantitative estimate of drug-likeness (QED) is 0.206. The van der Waals surface area contributed by atoms with E-state index in [4.69, 9.17) is 4.98 Å². The molecule has 11 heteroatoms. The summed E-state index contributed by atoms with van der Waals surface area (Å²) < 4.78 is 16.1. The smallest absolute Gasteiger partial charge is 0.229 e. The van der Waals surface area contributed by atoms with E-state index >= 15 is 4.39 Å². The standard InChI is InChI=1S/C29H24FN7O2S/c1-14(38)20-8-9-21(40-20)17-6-5-7-18-25(17)35-27(34-18)26-22-19(36-37-26)13-32-24(23(22)30)15-10-16(12-31-11-15)33-28(39)29(2,3)4/h5-13H,1-4H3,(H,33,39)(H,34,35)(H,36,37). The molecule has 5 aromatic heterocycles. The third kappa shape index (κ3) is 4.43. The summed E-state index contributed by atoms with van der Waals surface area (Å²) in [7, 11) is 0. The molecule has 40 heavy (non-hydrogen) atoms. The van der Waals surface area contributed by atoms with E-state index in [9.17, 15) is 9.59 Å². The number of aromatic amines is 2. The normalized spacial score (nSPS) is 11.8. The molecule has 0 aliphatic heterocycles. The molecule has 0 spiro atoms. The Bertz CT molecular complexity index is 1950. The van der Waals surface area contributed by atoms with Crippen molar-refractivity contribution in [2.24, 2.45) is 5.41 Å². The Balaban J connectivity index is 1.43. The van der Waals surface area contributed by atoms with Crippen LogP contribution in [0.4, 0.5) is 10.1 Å². The Morgan fingerprint density at radius 1 is 1.02 bits per heavy atom. The number of carbonyl (C=O) groups excluding carboxylic acids is 2. The van der Waals surface area contributed by atoms with Gasteiger partial charge in [-0.2, -0.15) is 5.10 Å². The van der Waals surface area contributed by atoms with Gasteiger partial charge >= 0.3 is 0 Å². The van der Waals surface area contributed by atoms with Gasteiger partial charge in [0.1, 0.15) is 11.4 Å². The van der Waals surface area contributed by atoms with Crippen LogP contribution in [-0.2, 0) is 4.79 Å². The highest BCUT2D eigenvalue weighted by atomic mass is 32.1. The van der Waals surface area contributed by atoms with Crippen LogP contribution < -0.4 is 5.32 Å². The number of nitrogens with zero attached hydrogens (tertiary/aromatic N) is 4. The number of hydrogen-bond donors (Lipinski definition) is 3. The average Bonchev–Trinajstić information content (AvgIpc) is 3.66. The van der Waals surface area contributed by atoms with Gasteiger partial charge in [0, 0.05) is 27.6 Å². The van der Waals surface area contributed by atoms with Crippen LogP contribution in [0.5, 0.6) is 0 Å². The number of Topliss-reactive ketones (excluding diaryl/α,β-unsaturated/α-hetero) is 1. The lowest BCUT2D eigenvalue weighted by atomic mass is 9.95. The molecular formula is C29H24FN7O2S. The summed E-state index contributed by atoms with van der Waals surface area (Å²) in [5.41, 5.74) is 3.33. The van der Waals surface area contributed by atoms with Gasteiger partial charge in [0.05, 0.1) is 44.9 Å². The summed E-state index contributed by atoms with van der Waals surface area (Å²) in [5, 5.41) is 10.2. The van der Waals surface area contributed by atoms with Gasteiger partial charge in [0.2, 0.25) is 5.91 Å². The van der Waals surface area contributed by atoms with Gasteiger partial charge in [-0.3, -0.25) is 24.7 Å². The number of rotatable bonds is 5. The number of benzene rings is 1. The van der Waals surface area contributed by atoms with Crippen molar-refractivity contribution in [1.29, 1.82) is 0 Å². The summed E-state index contributed by atoms with van der Waals surface area (Å²) >= 11 is 1.40. The Morgan fingerprint density at radius 3 is 2.60 bits per heavy atom. The van der Waals surface area contributed by atoms with E-state index in [1.165, 1.54) is 36.9 Å². The Kier molecular flexibility index (Phi) is 6.03. The van der Waals surface area contributed by atoms with Crippen molar-refractivity contribution in [3.05, 3.63) is 65.7 Å². The van der Waals surface area contributed by atoms with Gasteiger partial charge in [0.25, 0.3) is 0 Å². The van der Waals surface area contributed by atoms with Gasteiger partial charge < -0.3 is 10.3 Å². The monoisotopic (exact) mass is 553 g/mol. The van der Waals surface area contributed by atoms with Crippen LogP contribution >= 0.6 is 11.3 Å². The predicted octanol–water partition coefficient (Wildman–Crippen LogP) is 6.62. The fraction of sp³-hybridized carbons (Fsp3) is 0.172. The van der Waals surface area contributed by atoms with Crippen molar-refractivity contribution in [3.63, 3.8) is 0 Å². The molecule has 9 nitrogen and oxygen atoms in total. The molecule has 1 aromatic carbocycles. The number of H-pyrrole nitrogens is 2. The molecule has 0 aliphatic carbocycles. The molecular weight excluding hydrogens is 529 g/mol.